The van der Waals surface area contributed by atoms with Crippen molar-refractivity contribution >= 4 is 16.2 Å². The predicted octanol–water partition coefficient (Wildman–Crippen LogP) is 1.02. The molecule has 0 spiro atoms. The number of nitrogens with zero attached hydrogens (tertiary/aromatic N) is 2. The largest absolute Gasteiger partial charge is 0.465 e. The molecule has 0 radical (unpaired) electrons. The number of hydrogen-bond donors (Lipinski definition) is 1. The van der Waals surface area contributed by atoms with Crippen LogP contribution in [0.15, 0.2) is 0 Å². The minimum absolute atomic E-state index is 0.0311. The van der Waals surface area contributed by atoms with E-state index in [4.69, 9.17) is 14.6 Å². The fourth-order valence-electron chi connectivity index (χ4n) is 2.22. The highest BCUT2D eigenvalue weighted by atomic mass is 32.2. The van der Waals surface area contributed by atoms with Crippen LogP contribution in [0.4, 0.5) is 4.79 Å². The zero-order valence-corrected chi connectivity index (χ0v) is 11.8. The van der Waals surface area contributed by atoms with Gasteiger partial charge in [-0.15, -0.1) is 0 Å². The Morgan fingerprint density at radius 2 is 2.05 bits per heavy atom. The van der Waals surface area contributed by atoms with Crippen molar-refractivity contribution in [3.8, 4) is 6.07 Å². The topological polar surface area (TPSA) is 108 Å². The van der Waals surface area contributed by atoms with Crippen molar-refractivity contribution < 1.29 is 22.5 Å². The number of carbonyl (C=O) groups is 1. The quantitative estimate of drug-likeness (QED) is 0.775. The van der Waals surface area contributed by atoms with E-state index in [-0.39, 0.29) is 6.42 Å². The Labute approximate surface area is 112 Å². The smallest absolute Gasteiger partial charge is 0.407 e. The van der Waals surface area contributed by atoms with Gasteiger partial charge < -0.3 is 10.0 Å². The summed E-state index contributed by atoms with van der Waals surface area (Å²) in [5.41, 5.74) is -0.509. The van der Waals surface area contributed by atoms with Crippen molar-refractivity contribution in [2.24, 2.45) is 5.41 Å². The Morgan fingerprint density at radius 3 is 2.42 bits per heavy atom. The van der Waals surface area contributed by atoms with Gasteiger partial charge in [0, 0.05) is 13.1 Å². The summed E-state index contributed by atoms with van der Waals surface area (Å²) in [5, 5.41) is 17.7. The first-order valence-electron chi connectivity index (χ1n) is 5.91. The molecule has 1 aliphatic rings. The normalized spacial score (nSPS) is 20.6. The Hall–Kier alpha value is -1.33. The van der Waals surface area contributed by atoms with Crippen LogP contribution in [-0.2, 0) is 14.3 Å². The fourth-order valence-corrected chi connectivity index (χ4v) is 2.94. The minimum atomic E-state index is -3.64. The van der Waals surface area contributed by atoms with E-state index in [1.54, 1.807) is 0 Å². The number of carboxylic acid groups (broad SMARTS) is 1. The first kappa shape index (κ1) is 15.7. The van der Waals surface area contributed by atoms with Gasteiger partial charge >= 0.3 is 6.09 Å². The zero-order valence-electron chi connectivity index (χ0n) is 11.0. The van der Waals surface area contributed by atoms with Gasteiger partial charge in [-0.1, -0.05) is 6.92 Å². The summed E-state index contributed by atoms with van der Waals surface area (Å²) in [6.07, 6.45) is 0.151. The van der Waals surface area contributed by atoms with Crippen LogP contribution in [0.2, 0.25) is 0 Å². The maximum absolute atomic E-state index is 11.2. The molecule has 108 valence electrons. The molecule has 0 saturated carbocycles. The summed E-state index contributed by atoms with van der Waals surface area (Å²) in [4.78, 5) is 12.1. The standard InChI is InChI=1S/C11H18N2O5S/c1-11(4-7-13(8-5-11)10(14)15)9(3-6-12)18-19(2,16)17/h9H,3-5,7-8H2,1-2H3,(H,14,15). The van der Waals surface area contributed by atoms with E-state index >= 15 is 0 Å². The van der Waals surface area contributed by atoms with E-state index in [0.29, 0.717) is 25.9 Å². The van der Waals surface area contributed by atoms with Crippen LogP contribution in [-0.4, -0.2) is 50.0 Å². The van der Waals surface area contributed by atoms with Crippen LogP contribution in [0.3, 0.4) is 0 Å². The van der Waals surface area contributed by atoms with Crippen LogP contribution >= 0.6 is 0 Å². The van der Waals surface area contributed by atoms with E-state index in [1.807, 2.05) is 13.0 Å². The number of piperidine rings is 1. The molecule has 1 heterocycles. The molecule has 0 aromatic rings. The van der Waals surface area contributed by atoms with Crippen molar-refractivity contribution in [2.45, 2.75) is 32.3 Å². The van der Waals surface area contributed by atoms with Gasteiger partial charge in [-0.2, -0.15) is 13.7 Å². The summed E-state index contributed by atoms with van der Waals surface area (Å²) in [6.45, 7) is 2.47. The molecule has 1 amide bonds. The summed E-state index contributed by atoms with van der Waals surface area (Å²) >= 11 is 0. The third kappa shape index (κ3) is 4.36. The first-order valence-corrected chi connectivity index (χ1v) is 7.73. The van der Waals surface area contributed by atoms with Crippen molar-refractivity contribution in [2.75, 3.05) is 19.3 Å². The van der Waals surface area contributed by atoms with Crippen LogP contribution in [0.25, 0.3) is 0 Å². The number of hydrogen-bond acceptors (Lipinski definition) is 5. The molecule has 8 heteroatoms. The van der Waals surface area contributed by atoms with Crippen molar-refractivity contribution in [1.82, 2.24) is 4.90 Å². The van der Waals surface area contributed by atoms with Gasteiger partial charge in [-0.05, 0) is 18.3 Å². The Kier molecular flexibility index (Phi) is 4.76. The second kappa shape index (κ2) is 5.75. The van der Waals surface area contributed by atoms with E-state index in [2.05, 4.69) is 0 Å². The number of amides is 1. The molecule has 7 nitrogen and oxygen atoms in total. The molecule has 1 fully saturated rings. The maximum Gasteiger partial charge on any atom is 0.407 e. The highest BCUT2D eigenvalue weighted by Crippen LogP contribution is 2.38. The summed E-state index contributed by atoms with van der Waals surface area (Å²) in [7, 11) is -3.64. The van der Waals surface area contributed by atoms with Crippen LogP contribution < -0.4 is 0 Å². The minimum Gasteiger partial charge on any atom is -0.465 e. The molecule has 1 aliphatic heterocycles. The Bertz CT molecular complexity index is 474. The highest BCUT2D eigenvalue weighted by molar-refractivity contribution is 7.86. The lowest BCUT2D eigenvalue weighted by Gasteiger charge is -2.42. The molecule has 0 aromatic carbocycles. The SMILES string of the molecule is CC1(C(CC#N)OS(C)(=O)=O)CCN(C(=O)O)CC1. The molecule has 0 aliphatic carbocycles. The summed E-state index contributed by atoms with van der Waals surface area (Å²) in [6, 6.07) is 1.93. The van der Waals surface area contributed by atoms with E-state index in [1.165, 1.54) is 4.90 Å². The molecule has 1 atom stereocenters. The highest BCUT2D eigenvalue weighted by Gasteiger charge is 2.40. The summed E-state index contributed by atoms with van der Waals surface area (Å²) < 4.78 is 27.5. The van der Waals surface area contributed by atoms with Gasteiger partial charge in [0.25, 0.3) is 10.1 Å². The van der Waals surface area contributed by atoms with Crippen LogP contribution in [0, 0.1) is 16.7 Å². The maximum atomic E-state index is 11.2. The molecule has 1 rings (SSSR count). The van der Waals surface area contributed by atoms with E-state index in [0.717, 1.165) is 6.26 Å². The third-order valence-electron chi connectivity index (χ3n) is 3.52. The monoisotopic (exact) mass is 290 g/mol. The Balaban J connectivity index is 2.80. The molecule has 1 unspecified atom stereocenters. The second-order valence-corrected chi connectivity index (χ2v) is 6.68. The van der Waals surface area contributed by atoms with Crippen LogP contribution in [0.1, 0.15) is 26.2 Å². The first-order chi connectivity index (χ1) is 8.68. The molecule has 1 saturated heterocycles. The molecular formula is C11H18N2O5S. The van der Waals surface area contributed by atoms with Gasteiger partial charge in [-0.25, -0.2) is 4.79 Å². The molecule has 1 N–H and O–H groups in total. The van der Waals surface area contributed by atoms with Gasteiger partial charge in [0.15, 0.2) is 0 Å². The molecular weight excluding hydrogens is 272 g/mol. The van der Waals surface area contributed by atoms with E-state index in [9.17, 15) is 13.2 Å². The van der Waals surface area contributed by atoms with Gasteiger partial charge in [0.1, 0.15) is 0 Å². The second-order valence-electron chi connectivity index (χ2n) is 5.07. The fraction of sp³-hybridized carbons (Fsp3) is 0.818. The predicted molar refractivity (Wildman–Crippen MR) is 66.9 cm³/mol. The van der Waals surface area contributed by atoms with Crippen molar-refractivity contribution in [3.63, 3.8) is 0 Å². The number of likely N-dealkylation sites (tertiary alicyclic amines) is 1. The van der Waals surface area contributed by atoms with Gasteiger partial charge in [0.05, 0.1) is 24.8 Å². The number of nitriles is 1. The zero-order chi connectivity index (χ0) is 14.7. The van der Waals surface area contributed by atoms with Crippen molar-refractivity contribution in [1.29, 1.82) is 5.26 Å². The molecule has 0 bridgehead atoms. The lowest BCUT2D eigenvalue weighted by Crippen LogP contribution is -2.47. The van der Waals surface area contributed by atoms with Gasteiger partial charge in [0.2, 0.25) is 0 Å². The Morgan fingerprint density at radius 1 is 1.53 bits per heavy atom. The van der Waals surface area contributed by atoms with Crippen molar-refractivity contribution in [3.05, 3.63) is 0 Å². The third-order valence-corrected chi connectivity index (χ3v) is 4.10. The lowest BCUT2D eigenvalue weighted by atomic mass is 9.75. The number of rotatable bonds is 4. The average Bonchev–Trinajstić information content (AvgIpc) is 2.27. The molecule has 0 aromatic heterocycles. The lowest BCUT2D eigenvalue weighted by molar-refractivity contribution is 0.0136. The average molecular weight is 290 g/mol. The van der Waals surface area contributed by atoms with E-state index < -0.39 is 27.7 Å². The van der Waals surface area contributed by atoms with Gasteiger partial charge in [-0.3, -0.25) is 4.18 Å². The summed E-state index contributed by atoms with van der Waals surface area (Å²) in [5.74, 6) is 0. The van der Waals surface area contributed by atoms with Crippen LogP contribution in [0.5, 0.6) is 0 Å². The molecule has 19 heavy (non-hydrogen) atoms.